The molecule has 174 valence electrons. The maximum absolute atomic E-state index is 13.1. The fraction of sp³-hybridized carbons (Fsp3) is 0.318. The van der Waals surface area contributed by atoms with Crippen LogP contribution in [0.3, 0.4) is 0 Å². The van der Waals surface area contributed by atoms with E-state index in [1.807, 2.05) is 6.07 Å². The van der Waals surface area contributed by atoms with Crippen molar-refractivity contribution < 1.29 is 29.7 Å². The monoisotopic (exact) mass is 456 g/mol. The Balaban J connectivity index is 0.000000968. The van der Waals surface area contributed by atoms with Crippen molar-refractivity contribution in [2.75, 3.05) is 13.1 Å². The number of hydrogen-bond acceptors (Lipinski definition) is 6. The number of likely N-dealkylation sites (tertiary alicyclic amines) is 1. The van der Waals surface area contributed by atoms with Gasteiger partial charge in [0.1, 0.15) is 11.0 Å². The van der Waals surface area contributed by atoms with Gasteiger partial charge in [0.25, 0.3) is 17.9 Å². The Bertz CT molecular complexity index is 1220. The van der Waals surface area contributed by atoms with E-state index in [4.69, 9.17) is 9.90 Å². The maximum Gasteiger partial charge on any atom is 0.314 e. The summed E-state index contributed by atoms with van der Waals surface area (Å²) in [5, 5.41) is 30.4. The lowest BCUT2D eigenvalue weighted by molar-refractivity contribution is -0.161. The number of aromatic nitrogens is 3. The quantitative estimate of drug-likeness (QED) is 0.413. The van der Waals surface area contributed by atoms with E-state index in [1.54, 1.807) is 37.3 Å². The summed E-state index contributed by atoms with van der Waals surface area (Å²) in [7, 11) is 0. The molecule has 33 heavy (non-hydrogen) atoms. The van der Waals surface area contributed by atoms with Gasteiger partial charge in [-0.25, -0.2) is 9.50 Å². The average molecular weight is 456 g/mol. The van der Waals surface area contributed by atoms with Gasteiger partial charge in [-0.1, -0.05) is 30.3 Å². The highest BCUT2D eigenvalue weighted by atomic mass is 16.4. The minimum Gasteiger partial charge on any atom is -0.483 e. The number of aliphatic hydroxyl groups is 1. The number of carboxylic acids is 1. The number of fused-ring (bicyclic) bond motifs is 1. The molecule has 4 N–H and O–H groups in total. The molecule has 1 fully saturated rings. The lowest BCUT2D eigenvalue weighted by atomic mass is 9.72. The minimum absolute atomic E-state index is 0.0697. The number of nitrogens with zero attached hydrogens (tertiary/aromatic N) is 3. The first-order chi connectivity index (χ1) is 15.7. The third kappa shape index (κ3) is 4.62. The van der Waals surface area contributed by atoms with Gasteiger partial charge in [-0.05, 0) is 25.3 Å². The summed E-state index contributed by atoms with van der Waals surface area (Å²) in [6, 6.07) is 10.7. The molecule has 0 saturated carbocycles. The molecule has 1 aliphatic heterocycles. The number of aryl methyl sites for hydroxylation is 1. The first-order valence-corrected chi connectivity index (χ1v) is 10.1. The first kappa shape index (κ1) is 23.7. The Morgan fingerprint density at radius 1 is 1.30 bits per heavy atom. The number of carboxylic acid groups (broad SMARTS) is 2. The molecule has 3 aromatic rings. The number of aliphatic carboxylic acids is 1. The Kier molecular flexibility index (Phi) is 6.92. The highest BCUT2D eigenvalue weighted by Gasteiger charge is 2.50. The summed E-state index contributed by atoms with van der Waals surface area (Å²) in [4.78, 5) is 52.0. The van der Waals surface area contributed by atoms with Crippen molar-refractivity contribution in [2.45, 2.75) is 25.9 Å². The molecule has 2 atom stereocenters. The second kappa shape index (κ2) is 9.65. The number of hydrogen-bond donors (Lipinski definition) is 4. The van der Waals surface area contributed by atoms with Crippen molar-refractivity contribution in [1.82, 2.24) is 19.5 Å². The van der Waals surface area contributed by atoms with Gasteiger partial charge in [0.2, 0.25) is 0 Å². The zero-order valence-electron chi connectivity index (χ0n) is 17.8. The van der Waals surface area contributed by atoms with Crippen molar-refractivity contribution in [3.05, 3.63) is 69.8 Å². The van der Waals surface area contributed by atoms with E-state index in [-0.39, 0.29) is 38.0 Å². The summed E-state index contributed by atoms with van der Waals surface area (Å²) < 4.78 is 1.19. The Morgan fingerprint density at radius 3 is 2.61 bits per heavy atom. The minimum atomic E-state index is -1.56. The lowest BCUT2D eigenvalue weighted by Gasteiger charge is -2.43. The second-order valence-electron chi connectivity index (χ2n) is 7.87. The van der Waals surface area contributed by atoms with Gasteiger partial charge in [-0.3, -0.25) is 24.3 Å². The van der Waals surface area contributed by atoms with E-state index in [2.05, 4.69) is 10.1 Å². The molecule has 4 rings (SSSR count). The molecule has 1 saturated heterocycles. The molecule has 11 heteroatoms. The van der Waals surface area contributed by atoms with Crippen LogP contribution in [0.5, 0.6) is 0 Å². The van der Waals surface area contributed by atoms with Crippen LogP contribution >= 0.6 is 0 Å². The van der Waals surface area contributed by atoms with Crippen LogP contribution in [0.2, 0.25) is 0 Å². The molecular weight excluding hydrogens is 432 g/mol. The van der Waals surface area contributed by atoms with Gasteiger partial charge in [0, 0.05) is 31.0 Å². The maximum atomic E-state index is 13.1. The Labute approximate surface area is 187 Å². The van der Waals surface area contributed by atoms with E-state index in [9.17, 15) is 24.6 Å². The summed E-state index contributed by atoms with van der Waals surface area (Å²) in [5.41, 5.74) is -0.396. The lowest BCUT2D eigenvalue weighted by Crippen LogP contribution is -2.58. The Hall–Kier alpha value is -3.99. The number of carbonyl (C=O) groups is 3. The molecule has 0 bridgehead atoms. The number of H-pyrrole nitrogens is 1. The standard InChI is InChI=1S/C21H22N4O5.CH2O2/c1-13-9-17-22-11-15(19(28)25(17)23-13)18(27)24-8-7-16(26)21(12-24,20(29)30)10-14-5-3-2-4-6-14;2-1-3/h2-6,9,11,16,23,26H,7-8,10,12H2,1H3,(H,29,30);1H,(H,2,3)/t16-,21+;/m0./s1. The van der Waals surface area contributed by atoms with Crippen LogP contribution in [0, 0.1) is 12.3 Å². The molecular formula is C22H24N4O7. The number of benzene rings is 1. The van der Waals surface area contributed by atoms with E-state index < -0.39 is 29.0 Å². The summed E-state index contributed by atoms with van der Waals surface area (Å²) in [6.45, 7) is 1.46. The van der Waals surface area contributed by atoms with Gasteiger partial charge < -0.3 is 20.2 Å². The molecule has 1 aliphatic rings. The number of carbonyl (C=O) groups excluding carboxylic acids is 1. The van der Waals surface area contributed by atoms with Crippen LogP contribution in [0.25, 0.3) is 5.65 Å². The average Bonchev–Trinajstić information content (AvgIpc) is 3.17. The van der Waals surface area contributed by atoms with Crippen molar-refractivity contribution in [1.29, 1.82) is 0 Å². The molecule has 0 aliphatic carbocycles. The highest BCUT2D eigenvalue weighted by molar-refractivity contribution is 5.94. The van der Waals surface area contributed by atoms with Crippen molar-refractivity contribution in [2.24, 2.45) is 5.41 Å². The van der Waals surface area contributed by atoms with Crippen LogP contribution in [-0.4, -0.2) is 72.4 Å². The van der Waals surface area contributed by atoms with Crippen molar-refractivity contribution in [3.8, 4) is 0 Å². The van der Waals surface area contributed by atoms with Crippen molar-refractivity contribution in [3.63, 3.8) is 0 Å². The SMILES string of the molecule is Cc1cc2ncc(C(=O)N3CC[C@H](O)[C@](Cc4ccccc4)(C(=O)O)C3)c(=O)n2[nH]1.O=CO. The normalized spacial score (nSPS) is 20.1. The van der Waals surface area contributed by atoms with Crippen LogP contribution < -0.4 is 5.56 Å². The van der Waals surface area contributed by atoms with Gasteiger partial charge in [0.05, 0.1) is 6.10 Å². The number of nitrogens with one attached hydrogen (secondary N) is 1. The largest absolute Gasteiger partial charge is 0.483 e. The zero-order chi connectivity index (χ0) is 24.2. The number of aromatic amines is 1. The van der Waals surface area contributed by atoms with E-state index in [1.165, 1.54) is 15.6 Å². The predicted octanol–water partition coefficient (Wildman–Crippen LogP) is 0.552. The molecule has 0 unspecified atom stereocenters. The zero-order valence-corrected chi connectivity index (χ0v) is 17.8. The second-order valence-corrected chi connectivity index (χ2v) is 7.87. The molecule has 11 nitrogen and oxygen atoms in total. The summed E-state index contributed by atoms with van der Waals surface area (Å²) in [5.74, 6) is -1.78. The summed E-state index contributed by atoms with van der Waals surface area (Å²) >= 11 is 0. The fourth-order valence-electron chi connectivity index (χ4n) is 4.07. The predicted molar refractivity (Wildman–Crippen MR) is 116 cm³/mol. The first-order valence-electron chi connectivity index (χ1n) is 10.1. The molecule has 3 heterocycles. The van der Waals surface area contributed by atoms with Gasteiger partial charge in [-0.2, -0.15) is 0 Å². The number of aliphatic hydroxyl groups excluding tert-OH is 1. The van der Waals surface area contributed by atoms with E-state index >= 15 is 0 Å². The molecule has 0 spiro atoms. The molecule has 2 aromatic heterocycles. The van der Waals surface area contributed by atoms with Gasteiger partial charge >= 0.3 is 5.97 Å². The summed E-state index contributed by atoms with van der Waals surface area (Å²) in [6.07, 6.45) is 0.272. The number of piperidine rings is 1. The van der Waals surface area contributed by atoms with Crippen molar-refractivity contribution >= 4 is 24.0 Å². The fourth-order valence-corrected chi connectivity index (χ4v) is 4.07. The van der Waals surface area contributed by atoms with Gasteiger partial charge in [0.15, 0.2) is 5.65 Å². The highest BCUT2D eigenvalue weighted by Crippen LogP contribution is 2.35. The molecule has 1 aromatic carbocycles. The van der Waals surface area contributed by atoms with E-state index in [0.29, 0.717) is 5.65 Å². The number of amides is 1. The van der Waals surface area contributed by atoms with E-state index in [0.717, 1.165) is 11.3 Å². The Morgan fingerprint density at radius 2 is 1.97 bits per heavy atom. The molecule has 0 radical (unpaired) electrons. The van der Waals surface area contributed by atoms with Crippen LogP contribution in [0.1, 0.15) is 28.0 Å². The smallest absolute Gasteiger partial charge is 0.314 e. The van der Waals surface area contributed by atoms with Crippen LogP contribution in [-0.2, 0) is 16.0 Å². The third-order valence-corrected chi connectivity index (χ3v) is 5.71. The third-order valence-electron chi connectivity index (χ3n) is 5.71. The topological polar surface area (TPSA) is 165 Å². The van der Waals surface area contributed by atoms with Crippen LogP contribution in [0.15, 0.2) is 47.4 Å². The number of rotatable bonds is 4. The molecule has 1 amide bonds. The van der Waals surface area contributed by atoms with Gasteiger partial charge in [-0.15, -0.1) is 0 Å². The van der Waals surface area contributed by atoms with Crippen LogP contribution in [0.4, 0.5) is 0 Å².